The number of nitrogens with zero attached hydrogens (tertiary/aromatic N) is 3. The fraction of sp³-hybridized carbons (Fsp3) is 0.148. The summed E-state index contributed by atoms with van der Waals surface area (Å²) in [6.45, 7) is 3.96. The van der Waals surface area contributed by atoms with E-state index in [1.54, 1.807) is 23.8 Å². The first-order valence-electron chi connectivity index (χ1n) is 10.7. The highest BCUT2D eigenvalue weighted by molar-refractivity contribution is 5.92. The number of hydrogen-bond acceptors (Lipinski definition) is 4. The molecule has 0 aliphatic rings. The molecular weight excluding hydrogens is 414 g/mol. The summed E-state index contributed by atoms with van der Waals surface area (Å²) >= 11 is 0. The lowest BCUT2D eigenvalue weighted by Crippen LogP contribution is -2.28. The zero-order valence-corrected chi connectivity index (χ0v) is 18.9. The van der Waals surface area contributed by atoms with E-state index in [1.807, 2.05) is 80.1 Å². The minimum absolute atomic E-state index is 0.0765. The summed E-state index contributed by atoms with van der Waals surface area (Å²) in [4.78, 5) is 32.3. The van der Waals surface area contributed by atoms with Gasteiger partial charge in [-0.05, 0) is 73.5 Å². The lowest BCUT2D eigenvalue weighted by molar-refractivity contribution is 0.415. The van der Waals surface area contributed by atoms with E-state index >= 15 is 0 Å². The van der Waals surface area contributed by atoms with E-state index in [4.69, 9.17) is 9.72 Å². The van der Waals surface area contributed by atoms with Gasteiger partial charge in [-0.2, -0.15) is 0 Å². The quantitative estimate of drug-likeness (QED) is 0.389. The van der Waals surface area contributed by atoms with Crippen molar-refractivity contribution in [2.45, 2.75) is 13.8 Å². The molecule has 2 heterocycles. The van der Waals surface area contributed by atoms with Crippen molar-refractivity contribution < 1.29 is 4.74 Å². The Morgan fingerprint density at radius 2 is 1.55 bits per heavy atom. The summed E-state index contributed by atoms with van der Waals surface area (Å²) in [5.74, 6) is 1.17. The van der Waals surface area contributed by atoms with Crippen LogP contribution in [-0.2, 0) is 7.05 Å². The van der Waals surface area contributed by atoms with Crippen molar-refractivity contribution in [1.82, 2.24) is 14.1 Å². The Hall–Kier alpha value is -4.19. The Morgan fingerprint density at radius 3 is 2.21 bits per heavy atom. The number of aromatic nitrogens is 3. The Kier molecular flexibility index (Phi) is 4.86. The van der Waals surface area contributed by atoms with Crippen LogP contribution in [0.2, 0.25) is 0 Å². The van der Waals surface area contributed by atoms with Gasteiger partial charge in [-0.25, -0.2) is 4.98 Å². The highest BCUT2D eigenvalue weighted by Gasteiger charge is 2.20. The van der Waals surface area contributed by atoms with Crippen LogP contribution in [0.15, 0.2) is 76.3 Å². The second-order valence-electron chi connectivity index (χ2n) is 8.25. The van der Waals surface area contributed by atoms with Gasteiger partial charge in [0.05, 0.1) is 18.3 Å². The molecule has 2 aromatic heterocycles. The highest BCUT2D eigenvalue weighted by atomic mass is 16.5. The molecule has 164 valence electrons. The van der Waals surface area contributed by atoms with Crippen molar-refractivity contribution >= 4 is 21.9 Å². The van der Waals surface area contributed by atoms with Crippen molar-refractivity contribution in [2.24, 2.45) is 7.05 Å². The molecule has 0 spiro atoms. The van der Waals surface area contributed by atoms with E-state index in [1.165, 1.54) is 0 Å². The van der Waals surface area contributed by atoms with E-state index in [0.717, 1.165) is 22.2 Å². The molecule has 0 saturated carbocycles. The van der Waals surface area contributed by atoms with Crippen molar-refractivity contribution in [3.8, 4) is 22.8 Å². The number of fused-ring (bicyclic) bond motifs is 2. The summed E-state index contributed by atoms with van der Waals surface area (Å²) in [5.41, 5.74) is 3.84. The third-order valence-electron chi connectivity index (χ3n) is 5.93. The average Bonchev–Trinajstić information content (AvgIpc) is 2.81. The Labute approximate surface area is 190 Å². The zero-order valence-electron chi connectivity index (χ0n) is 18.9. The lowest BCUT2D eigenvalue weighted by atomic mass is 10.1. The van der Waals surface area contributed by atoms with Crippen molar-refractivity contribution in [2.75, 3.05) is 7.11 Å². The normalized spacial score (nSPS) is 11.3. The van der Waals surface area contributed by atoms with Crippen molar-refractivity contribution in [3.63, 3.8) is 0 Å². The van der Waals surface area contributed by atoms with Crippen LogP contribution in [-0.4, -0.2) is 21.2 Å². The first-order chi connectivity index (χ1) is 15.9. The Bertz CT molecular complexity index is 1640. The van der Waals surface area contributed by atoms with Crippen LogP contribution in [0.25, 0.3) is 39.0 Å². The second kappa shape index (κ2) is 7.74. The fourth-order valence-corrected chi connectivity index (χ4v) is 4.41. The van der Waals surface area contributed by atoms with Crippen LogP contribution >= 0.6 is 0 Å². The first-order valence-corrected chi connectivity index (χ1v) is 10.7. The molecule has 6 nitrogen and oxygen atoms in total. The molecule has 0 saturated heterocycles. The summed E-state index contributed by atoms with van der Waals surface area (Å²) in [6, 6.07) is 20.6. The van der Waals surface area contributed by atoms with Crippen molar-refractivity contribution in [1.29, 1.82) is 0 Å². The number of ether oxygens (including phenoxy) is 1. The molecule has 3 aromatic carbocycles. The molecule has 33 heavy (non-hydrogen) atoms. The predicted octanol–water partition coefficient (Wildman–Crippen LogP) is 4.53. The summed E-state index contributed by atoms with van der Waals surface area (Å²) in [7, 11) is 3.44. The standard InChI is InChI=1S/C27H23N3O3/c1-16-13-17(2)15-19(14-16)30-25(18-9-11-20(33-4)12-10-18)28-26-23(27(30)32)24(31)21-7-5-6-8-22(21)29(26)3/h5-15H,1-4H3. The minimum atomic E-state index is -0.387. The molecule has 0 unspecified atom stereocenters. The van der Waals surface area contributed by atoms with Crippen LogP contribution < -0.4 is 15.7 Å². The van der Waals surface area contributed by atoms with Gasteiger partial charge in [-0.1, -0.05) is 18.2 Å². The topological polar surface area (TPSA) is 66.1 Å². The highest BCUT2D eigenvalue weighted by Crippen LogP contribution is 2.25. The Morgan fingerprint density at radius 1 is 0.879 bits per heavy atom. The number of aryl methyl sites for hydroxylation is 3. The van der Waals surface area contributed by atoms with Gasteiger partial charge >= 0.3 is 0 Å². The maximum Gasteiger partial charge on any atom is 0.271 e. The SMILES string of the molecule is COc1ccc(-c2nc3c(c(=O)c4ccccc4n3C)c(=O)n2-c2cc(C)cc(C)c2)cc1. The van der Waals surface area contributed by atoms with E-state index < -0.39 is 0 Å². The van der Waals surface area contributed by atoms with Gasteiger partial charge in [-0.15, -0.1) is 0 Å². The molecule has 0 radical (unpaired) electrons. The van der Waals surface area contributed by atoms with Gasteiger partial charge < -0.3 is 9.30 Å². The number of para-hydroxylation sites is 1. The van der Waals surface area contributed by atoms with Gasteiger partial charge in [0.15, 0.2) is 5.65 Å². The molecule has 5 rings (SSSR count). The molecule has 0 bridgehead atoms. The molecule has 0 aliphatic heterocycles. The van der Waals surface area contributed by atoms with Crippen LogP contribution in [0.5, 0.6) is 5.75 Å². The van der Waals surface area contributed by atoms with Gasteiger partial charge in [0.1, 0.15) is 17.0 Å². The van der Waals surface area contributed by atoms with E-state index in [-0.39, 0.29) is 16.4 Å². The Balaban J connectivity index is 1.98. The van der Waals surface area contributed by atoms with Gasteiger partial charge in [0, 0.05) is 18.0 Å². The third-order valence-corrected chi connectivity index (χ3v) is 5.93. The lowest BCUT2D eigenvalue weighted by Gasteiger charge is -2.17. The maximum atomic E-state index is 14.0. The van der Waals surface area contributed by atoms with Crippen LogP contribution in [0.4, 0.5) is 0 Å². The number of pyridine rings is 1. The van der Waals surface area contributed by atoms with E-state index in [9.17, 15) is 9.59 Å². The van der Waals surface area contributed by atoms with Gasteiger partial charge in [0.25, 0.3) is 5.56 Å². The largest absolute Gasteiger partial charge is 0.497 e. The predicted molar refractivity (Wildman–Crippen MR) is 132 cm³/mol. The molecule has 0 amide bonds. The monoisotopic (exact) mass is 437 g/mol. The zero-order chi connectivity index (χ0) is 23.3. The summed E-state index contributed by atoms with van der Waals surface area (Å²) in [5, 5.41) is 0.572. The first kappa shape index (κ1) is 20.7. The minimum Gasteiger partial charge on any atom is -0.497 e. The molecule has 0 fully saturated rings. The third kappa shape index (κ3) is 3.31. The van der Waals surface area contributed by atoms with Gasteiger partial charge in [-0.3, -0.25) is 14.2 Å². The number of hydrogen-bond donors (Lipinski definition) is 0. The molecule has 0 N–H and O–H groups in total. The average molecular weight is 437 g/mol. The maximum absolute atomic E-state index is 14.0. The number of methoxy groups -OCH3 is 1. The summed E-state index contributed by atoms with van der Waals surface area (Å²) < 4.78 is 8.65. The second-order valence-corrected chi connectivity index (χ2v) is 8.25. The number of rotatable bonds is 3. The summed E-state index contributed by atoms with van der Waals surface area (Å²) in [6.07, 6.45) is 0. The van der Waals surface area contributed by atoms with Crippen LogP contribution in [0, 0.1) is 13.8 Å². The molecule has 0 aliphatic carbocycles. The van der Waals surface area contributed by atoms with Crippen molar-refractivity contribution in [3.05, 3.63) is 98.4 Å². The van der Waals surface area contributed by atoms with Crippen LogP contribution in [0.1, 0.15) is 11.1 Å². The molecular formula is C27H23N3O3. The molecule has 6 heteroatoms. The number of benzene rings is 3. The molecule has 5 aromatic rings. The fourth-order valence-electron chi connectivity index (χ4n) is 4.41. The van der Waals surface area contributed by atoms with E-state index in [0.29, 0.717) is 28.3 Å². The van der Waals surface area contributed by atoms with E-state index in [2.05, 4.69) is 0 Å². The van der Waals surface area contributed by atoms with Crippen LogP contribution in [0.3, 0.4) is 0 Å². The smallest absolute Gasteiger partial charge is 0.271 e. The molecule has 0 atom stereocenters. The van der Waals surface area contributed by atoms with Gasteiger partial charge in [0.2, 0.25) is 5.43 Å².